The van der Waals surface area contributed by atoms with Gasteiger partial charge in [0.15, 0.2) is 0 Å². The summed E-state index contributed by atoms with van der Waals surface area (Å²) in [4.78, 5) is 17.4. The molecule has 7 aromatic carbocycles. The molecule has 12 rings (SSSR count). The quantitative estimate of drug-likeness (QED) is 0.150. The molecule has 0 saturated heterocycles. The summed E-state index contributed by atoms with van der Waals surface area (Å²) in [6, 6.07) is 70.5. The maximum Gasteiger partial charge on any atom is 0.251 e. The van der Waals surface area contributed by atoms with Gasteiger partial charge in [0, 0.05) is 57.6 Å². The van der Waals surface area contributed by atoms with Gasteiger partial charge >= 0.3 is 0 Å². The number of hydrogen-bond donors (Lipinski definition) is 0. The monoisotopic (exact) mass is 797 g/mol. The van der Waals surface area contributed by atoms with Gasteiger partial charge in [0.1, 0.15) is 8.07 Å². The molecular formula is C54H40BN5Si. The lowest BCUT2D eigenvalue weighted by molar-refractivity contribution is 1.22. The fraction of sp³-hybridized carbons (Fsp3) is 0.0370. The molecule has 0 amide bonds. The fourth-order valence-electron chi connectivity index (χ4n) is 10.4. The van der Waals surface area contributed by atoms with Gasteiger partial charge in [0.25, 0.3) is 6.71 Å². The highest BCUT2D eigenvalue weighted by Gasteiger charge is 2.52. The number of anilines is 9. The first kappa shape index (κ1) is 35.5. The maximum absolute atomic E-state index is 4.93. The van der Waals surface area contributed by atoms with Crippen LogP contribution < -0.4 is 41.5 Å². The van der Waals surface area contributed by atoms with Crippen LogP contribution in [0.3, 0.4) is 0 Å². The molecule has 288 valence electrons. The smallest absolute Gasteiger partial charge is 0.251 e. The fourth-order valence-corrected chi connectivity index (χ4v) is 13.6. The summed E-state index contributed by atoms with van der Waals surface area (Å²) >= 11 is 0. The van der Waals surface area contributed by atoms with E-state index in [9.17, 15) is 0 Å². The SMILES string of the molecule is C[Si]1(C)c2cccc3c2B2c4c(cc(N(c5ccccc5)c5ccccc5)cc4N(c4ccccc4-c4ccccn4)c4cccc1c42)N3c1ccccc1-c1ccccn1. The Balaban J connectivity index is 1.25. The molecule has 0 atom stereocenters. The number of aromatic nitrogens is 2. The Labute approximate surface area is 358 Å². The predicted molar refractivity (Wildman–Crippen MR) is 258 cm³/mol. The van der Waals surface area contributed by atoms with Crippen molar-refractivity contribution in [3.8, 4) is 22.5 Å². The van der Waals surface area contributed by atoms with Crippen molar-refractivity contribution in [1.29, 1.82) is 0 Å². The lowest BCUT2D eigenvalue weighted by atomic mass is 9.33. The highest BCUT2D eigenvalue weighted by atomic mass is 28.3. The van der Waals surface area contributed by atoms with Crippen LogP contribution >= 0.6 is 0 Å². The van der Waals surface area contributed by atoms with Gasteiger partial charge in [0.2, 0.25) is 0 Å². The molecule has 0 saturated carbocycles. The topological polar surface area (TPSA) is 35.5 Å². The van der Waals surface area contributed by atoms with Gasteiger partial charge in [-0.1, -0.05) is 133 Å². The Kier molecular flexibility index (Phi) is 8.02. The lowest BCUT2D eigenvalue weighted by Gasteiger charge is -2.50. The van der Waals surface area contributed by atoms with E-state index in [2.05, 4.69) is 210 Å². The van der Waals surface area contributed by atoms with E-state index >= 15 is 0 Å². The Morgan fingerprint density at radius 2 is 0.820 bits per heavy atom. The second-order valence-electron chi connectivity index (χ2n) is 16.6. The molecule has 0 bridgehead atoms. The summed E-state index contributed by atoms with van der Waals surface area (Å²) in [7, 11) is -2.23. The summed E-state index contributed by atoms with van der Waals surface area (Å²) in [6.07, 6.45) is 3.79. The van der Waals surface area contributed by atoms with Crippen molar-refractivity contribution in [3.63, 3.8) is 0 Å². The number of rotatable bonds is 7. The van der Waals surface area contributed by atoms with Crippen LogP contribution in [0.15, 0.2) is 207 Å². The molecule has 0 spiro atoms. The van der Waals surface area contributed by atoms with Gasteiger partial charge in [-0.2, -0.15) is 0 Å². The first-order valence-electron chi connectivity index (χ1n) is 21.0. The second-order valence-corrected chi connectivity index (χ2v) is 20.9. The summed E-state index contributed by atoms with van der Waals surface area (Å²) in [5.74, 6) is 0. The molecular weight excluding hydrogens is 758 g/mol. The Bertz CT molecular complexity index is 2940. The number of pyridine rings is 2. The minimum absolute atomic E-state index is 0.0374. The van der Waals surface area contributed by atoms with Gasteiger partial charge in [0.05, 0.1) is 28.5 Å². The van der Waals surface area contributed by atoms with Crippen LogP contribution in [0.5, 0.6) is 0 Å². The molecule has 0 unspecified atom stereocenters. The average Bonchev–Trinajstić information content (AvgIpc) is 3.32. The van der Waals surface area contributed by atoms with Crippen molar-refractivity contribution in [1.82, 2.24) is 9.97 Å². The van der Waals surface area contributed by atoms with Crippen LogP contribution in [0.25, 0.3) is 22.5 Å². The van der Waals surface area contributed by atoms with Crippen LogP contribution in [-0.2, 0) is 0 Å². The van der Waals surface area contributed by atoms with Crippen molar-refractivity contribution in [2.45, 2.75) is 13.1 Å². The van der Waals surface area contributed by atoms with E-state index in [0.29, 0.717) is 0 Å². The largest absolute Gasteiger partial charge is 0.311 e. The minimum atomic E-state index is -2.23. The zero-order chi connectivity index (χ0) is 40.7. The third kappa shape index (κ3) is 5.33. The molecule has 3 aliphatic rings. The third-order valence-electron chi connectivity index (χ3n) is 12.9. The van der Waals surface area contributed by atoms with Crippen LogP contribution in [0.4, 0.5) is 51.2 Å². The van der Waals surface area contributed by atoms with Crippen molar-refractivity contribution in [2.75, 3.05) is 14.7 Å². The van der Waals surface area contributed by atoms with Crippen molar-refractivity contribution in [2.24, 2.45) is 0 Å². The Hall–Kier alpha value is -7.48. The molecule has 9 aromatic rings. The van der Waals surface area contributed by atoms with E-state index in [-0.39, 0.29) is 6.71 Å². The normalized spacial score (nSPS) is 13.8. The van der Waals surface area contributed by atoms with E-state index in [1.54, 1.807) is 0 Å². The van der Waals surface area contributed by atoms with Gasteiger partial charge in [-0.05, 0) is 101 Å². The minimum Gasteiger partial charge on any atom is -0.311 e. The number of benzene rings is 7. The van der Waals surface area contributed by atoms with E-state index < -0.39 is 8.07 Å². The highest BCUT2D eigenvalue weighted by Crippen LogP contribution is 2.50. The first-order valence-corrected chi connectivity index (χ1v) is 24.0. The molecule has 2 aromatic heterocycles. The third-order valence-corrected chi connectivity index (χ3v) is 16.5. The van der Waals surface area contributed by atoms with Crippen molar-refractivity contribution >= 4 is 92.7 Å². The zero-order valence-corrected chi connectivity index (χ0v) is 34.9. The zero-order valence-electron chi connectivity index (χ0n) is 33.9. The molecule has 0 radical (unpaired) electrons. The van der Waals surface area contributed by atoms with Gasteiger partial charge in [-0.25, -0.2) is 0 Å². The summed E-state index contributed by atoms with van der Waals surface area (Å²) in [6.45, 7) is 5.12. The van der Waals surface area contributed by atoms with E-state index in [1.807, 2.05) is 24.5 Å². The molecule has 0 N–H and O–H groups in total. The molecule has 5 heterocycles. The van der Waals surface area contributed by atoms with E-state index in [0.717, 1.165) is 62.3 Å². The van der Waals surface area contributed by atoms with E-state index in [1.165, 1.54) is 38.1 Å². The first-order chi connectivity index (χ1) is 30.1. The van der Waals surface area contributed by atoms with Gasteiger partial charge in [-0.15, -0.1) is 0 Å². The van der Waals surface area contributed by atoms with Gasteiger partial charge in [-0.3, -0.25) is 9.97 Å². The number of para-hydroxylation sites is 4. The van der Waals surface area contributed by atoms with Crippen molar-refractivity contribution in [3.05, 3.63) is 207 Å². The second kappa shape index (κ2) is 13.8. The van der Waals surface area contributed by atoms with Crippen molar-refractivity contribution < 1.29 is 0 Å². The van der Waals surface area contributed by atoms with Crippen LogP contribution in [0.1, 0.15) is 0 Å². The van der Waals surface area contributed by atoms with Gasteiger partial charge < -0.3 is 14.7 Å². The molecule has 5 nitrogen and oxygen atoms in total. The molecule has 3 aliphatic heterocycles. The van der Waals surface area contributed by atoms with E-state index in [4.69, 9.17) is 9.97 Å². The molecule has 0 aliphatic carbocycles. The standard InChI is InChI=1S/C54H40BN5Si/c1-61(2)50-31-17-29-46-53(50)55-52-48(59(46)44-27-11-9-23-40(44)42-25-13-15-33-56-42)35-39(58(37-19-5-3-6-20-37)38-21-7-4-8-22-38)36-49(52)60(47-30-18-32-51(61)54(47)55)45-28-12-10-24-41(45)43-26-14-16-34-57-43/h3-36H,1-2H3. The van der Waals surface area contributed by atoms with Crippen LogP contribution in [0, 0.1) is 0 Å². The van der Waals surface area contributed by atoms with Crippen LogP contribution in [0.2, 0.25) is 13.1 Å². The average molecular weight is 798 g/mol. The number of nitrogens with zero attached hydrogens (tertiary/aromatic N) is 5. The highest BCUT2D eigenvalue weighted by molar-refractivity contribution is 7.16. The maximum atomic E-state index is 4.93. The summed E-state index contributed by atoms with van der Waals surface area (Å²) in [5.41, 5.74) is 18.4. The number of hydrogen-bond acceptors (Lipinski definition) is 5. The predicted octanol–water partition coefficient (Wildman–Crippen LogP) is 10.5. The lowest BCUT2D eigenvalue weighted by Crippen LogP contribution is -2.79. The van der Waals surface area contributed by atoms with Crippen LogP contribution in [-0.4, -0.2) is 24.8 Å². The summed E-state index contributed by atoms with van der Waals surface area (Å²) in [5, 5.41) is 3.00. The molecule has 7 heteroatoms. The Morgan fingerprint density at radius 1 is 0.393 bits per heavy atom. The molecule has 0 fully saturated rings. The molecule has 61 heavy (non-hydrogen) atoms. The Morgan fingerprint density at radius 3 is 1.28 bits per heavy atom. The summed E-state index contributed by atoms with van der Waals surface area (Å²) < 4.78 is 0.